The quantitative estimate of drug-likeness (QED) is 0.779. The second-order valence-electron chi connectivity index (χ2n) is 5.37. The molecular formula is C18H18N2O. The van der Waals surface area contributed by atoms with Crippen molar-refractivity contribution in [3.8, 4) is 0 Å². The molecule has 3 heteroatoms. The SMILES string of the molecule is Cc1ccc(NC(=O)Cc2cn(C)c3ccccc23)cc1. The molecule has 0 radical (unpaired) electrons. The van der Waals surface area contributed by atoms with E-state index in [1.807, 2.05) is 56.6 Å². The molecule has 0 atom stereocenters. The third kappa shape index (κ3) is 2.82. The van der Waals surface area contributed by atoms with E-state index >= 15 is 0 Å². The summed E-state index contributed by atoms with van der Waals surface area (Å²) >= 11 is 0. The Kier molecular flexibility index (Phi) is 3.48. The van der Waals surface area contributed by atoms with Crippen LogP contribution in [0.25, 0.3) is 10.9 Å². The average Bonchev–Trinajstić information content (AvgIpc) is 2.78. The van der Waals surface area contributed by atoms with Gasteiger partial charge in [0.15, 0.2) is 0 Å². The largest absolute Gasteiger partial charge is 0.350 e. The first-order valence-corrected chi connectivity index (χ1v) is 7.03. The minimum Gasteiger partial charge on any atom is -0.350 e. The summed E-state index contributed by atoms with van der Waals surface area (Å²) < 4.78 is 2.06. The Hall–Kier alpha value is -2.55. The maximum Gasteiger partial charge on any atom is 0.228 e. The van der Waals surface area contributed by atoms with E-state index in [0.717, 1.165) is 22.2 Å². The molecule has 3 nitrogen and oxygen atoms in total. The van der Waals surface area contributed by atoms with Gasteiger partial charge in [0.05, 0.1) is 6.42 Å². The number of hydrogen-bond acceptors (Lipinski definition) is 1. The summed E-state index contributed by atoms with van der Waals surface area (Å²) in [7, 11) is 2.00. The number of rotatable bonds is 3. The van der Waals surface area contributed by atoms with Gasteiger partial charge >= 0.3 is 0 Å². The number of aromatic nitrogens is 1. The van der Waals surface area contributed by atoms with Crippen molar-refractivity contribution in [3.05, 3.63) is 65.9 Å². The van der Waals surface area contributed by atoms with E-state index < -0.39 is 0 Å². The van der Waals surface area contributed by atoms with Crippen LogP contribution in [0.3, 0.4) is 0 Å². The predicted octanol–water partition coefficient (Wildman–Crippen LogP) is 3.67. The van der Waals surface area contributed by atoms with Crippen LogP contribution < -0.4 is 5.32 Å². The highest BCUT2D eigenvalue weighted by atomic mass is 16.1. The summed E-state index contributed by atoms with van der Waals surface area (Å²) in [6, 6.07) is 16.0. The standard InChI is InChI=1S/C18H18N2O/c1-13-7-9-15(10-8-13)19-18(21)11-14-12-20(2)17-6-4-3-5-16(14)17/h3-10,12H,11H2,1-2H3,(H,19,21). The van der Waals surface area contributed by atoms with Crippen LogP contribution in [-0.4, -0.2) is 10.5 Å². The molecule has 0 spiro atoms. The van der Waals surface area contributed by atoms with Crippen molar-refractivity contribution < 1.29 is 4.79 Å². The number of nitrogens with one attached hydrogen (secondary N) is 1. The number of fused-ring (bicyclic) bond motifs is 1. The van der Waals surface area contributed by atoms with Gasteiger partial charge in [-0.3, -0.25) is 4.79 Å². The molecule has 0 aliphatic carbocycles. The number of carbonyl (C=O) groups excluding carboxylic acids is 1. The second-order valence-corrected chi connectivity index (χ2v) is 5.37. The van der Waals surface area contributed by atoms with E-state index in [2.05, 4.69) is 22.0 Å². The molecule has 0 saturated carbocycles. The second kappa shape index (κ2) is 5.44. The lowest BCUT2D eigenvalue weighted by molar-refractivity contribution is -0.115. The molecule has 0 unspecified atom stereocenters. The Morgan fingerprint density at radius 2 is 1.81 bits per heavy atom. The van der Waals surface area contributed by atoms with Crippen molar-refractivity contribution in [1.29, 1.82) is 0 Å². The highest BCUT2D eigenvalue weighted by molar-refractivity contribution is 5.95. The molecule has 0 saturated heterocycles. The minimum absolute atomic E-state index is 0.00945. The van der Waals surface area contributed by atoms with Crippen molar-refractivity contribution >= 4 is 22.5 Å². The van der Waals surface area contributed by atoms with Gasteiger partial charge in [0.2, 0.25) is 5.91 Å². The minimum atomic E-state index is 0.00945. The molecule has 0 aliphatic heterocycles. The van der Waals surface area contributed by atoms with Gasteiger partial charge in [0.1, 0.15) is 0 Å². The van der Waals surface area contributed by atoms with Gasteiger partial charge in [0, 0.05) is 29.8 Å². The van der Waals surface area contributed by atoms with Crippen molar-refractivity contribution in [3.63, 3.8) is 0 Å². The number of benzene rings is 2. The normalized spacial score (nSPS) is 10.8. The number of hydrogen-bond donors (Lipinski definition) is 1. The molecule has 0 bridgehead atoms. The maximum absolute atomic E-state index is 12.2. The van der Waals surface area contributed by atoms with Gasteiger partial charge in [0.25, 0.3) is 0 Å². The summed E-state index contributed by atoms with van der Waals surface area (Å²) in [6.07, 6.45) is 2.41. The number of para-hydroxylation sites is 1. The van der Waals surface area contributed by atoms with Crippen molar-refractivity contribution in [1.82, 2.24) is 4.57 Å². The lowest BCUT2D eigenvalue weighted by atomic mass is 10.1. The zero-order chi connectivity index (χ0) is 14.8. The van der Waals surface area contributed by atoms with Crippen LogP contribution >= 0.6 is 0 Å². The average molecular weight is 278 g/mol. The van der Waals surface area contributed by atoms with Gasteiger partial charge in [-0.15, -0.1) is 0 Å². The number of amides is 1. The smallest absolute Gasteiger partial charge is 0.228 e. The third-order valence-corrected chi connectivity index (χ3v) is 3.67. The fourth-order valence-electron chi connectivity index (χ4n) is 2.58. The number of nitrogens with zero attached hydrogens (tertiary/aromatic N) is 1. The zero-order valence-corrected chi connectivity index (χ0v) is 12.3. The van der Waals surface area contributed by atoms with Crippen molar-refractivity contribution in [2.24, 2.45) is 7.05 Å². The fraction of sp³-hybridized carbons (Fsp3) is 0.167. The van der Waals surface area contributed by atoms with E-state index in [1.54, 1.807) is 0 Å². The lowest BCUT2D eigenvalue weighted by Gasteiger charge is -2.05. The molecule has 1 amide bonds. The third-order valence-electron chi connectivity index (χ3n) is 3.67. The molecule has 106 valence electrons. The highest BCUT2D eigenvalue weighted by Gasteiger charge is 2.10. The molecule has 2 aromatic carbocycles. The van der Waals surface area contributed by atoms with Crippen LogP contribution in [0.5, 0.6) is 0 Å². The van der Waals surface area contributed by atoms with Crippen molar-refractivity contribution in [2.75, 3.05) is 5.32 Å². The van der Waals surface area contributed by atoms with E-state index in [1.165, 1.54) is 5.56 Å². The summed E-state index contributed by atoms with van der Waals surface area (Å²) in [5.41, 5.74) is 4.22. The van der Waals surface area contributed by atoms with Crippen LogP contribution in [-0.2, 0) is 18.3 Å². The maximum atomic E-state index is 12.2. The van der Waals surface area contributed by atoms with E-state index in [9.17, 15) is 4.79 Å². The summed E-state index contributed by atoms with van der Waals surface area (Å²) in [4.78, 5) is 12.2. The van der Waals surface area contributed by atoms with E-state index in [0.29, 0.717) is 6.42 Å². The molecule has 21 heavy (non-hydrogen) atoms. The lowest BCUT2D eigenvalue weighted by Crippen LogP contribution is -2.14. The Bertz CT molecular complexity index is 785. The number of aryl methyl sites for hydroxylation is 2. The summed E-state index contributed by atoms with van der Waals surface area (Å²) in [6.45, 7) is 2.03. The van der Waals surface area contributed by atoms with Gasteiger partial charge in [-0.2, -0.15) is 0 Å². The highest BCUT2D eigenvalue weighted by Crippen LogP contribution is 2.21. The van der Waals surface area contributed by atoms with Crippen LogP contribution in [0.4, 0.5) is 5.69 Å². The van der Waals surface area contributed by atoms with E-state index in [4.69, 9.17) is 0 Å². The molecule has 0 aliphatic rings. The van der Waals surface area contributed by atoms with Gasteiger partial charge in [-0.05, 0) is 30.7 Å². The predicted molar refractivity (Wildman–Crippen MR) is 86.4 cm³/mol. The molecule has 1 N–H and O–H groups in total. The number of carbonyl (C=O) groups is 1. The van der Waals surface area contributed by atoms with Gasteiger partial charge in [-0.25, -0.2) is 0 Å². The Morgan fingerprint density at radius 1 is 1.10 bits per heavy atom. The summed E-state index contributed by atoms with van der Waals surface area (Å²) in [5, 5.41) is 4.08. The molecule has 0 fully saturated rings. The van der Waals surface area contributed by atoms with Crippen LogP contribution in [0.15, 0.2) is 54.7 Å². The molecule has 1 heterocycles. The first-order chi connectivity index (χ1) is 10.1. The van der Waals surface area contributed by atoms with Gasteiger partial charge in [-0.1, -0.05) is 35.9 Å². The van der Waals surface area contributed by atoms with Crippen LogP contribution in [0.1, 0.15) is 11.1 Å². The Balaban J connectivity index is 1.79. The fourth-order valence-corrected chi connectivity index (χ4v) is 2.58. The Labute approximate surface area is 124 Å². The first kappa shape index (κ1) is 13.4. The van der Waals surface area contributed by atoms with E-state index in [-0.39, 0.29) is 5.91 Å². The molecule has 3 rings (SSSR count). The molecular weight excluding hydrogens is 260 g/mol. The van der Waals surface area contributed by atoms with Crippen LogP contribution in [0, 0.1) is 6.92 Å². The zero-order valence-electron chi connectivity index (χ0n) is 12.3. The first-order valence-electron chi connectivity index (χ1n) is 7.03. The monoisotopic (exact) mass is 278 g/mol. The summed E-state index contributed by atoms with van der Waals surface area (Å²) in [5.74, 6) is 0.00945. The van der Waals surface area contributed by atoms with Gasteiger partial charge < -0.3 is 9.88 Å². The molecule has 3 aromatic rings. The van der Waals surface area contributed by atoms with Crippen molar-refractivity contribution in [2.45, 2.75) is 13.3 Å². The molecule has 1 aromatic heterocycles. The Morgan fingerprint density at radius 3 is 2.57 bits per heavy atom. The topological polar surface area (TPSA) is 34.0 Å². The number of anilines is 1. The van der Waals surface area contributed by atoms with Crippen LogP contribution in [0.2, 0.25) is 0 Å².